The SMILES string of the molecule is C1=Cc2c(c3cc(N(c4ccccc4)c4cccc5c4oc4cc(-c6ccccc6)c6ccccc6c45)ccc3c3ccccc23)CC1. The maximum Gasteiger partial charge on any atom is 0.159 e. The molecule has 0 saturated heterocycles. The number of anilines is 3. The van der Waals surface area contributed by atoms with E-state index in [-0.39, 0.29) is 0 Å². The van der Waals surface area contributed by atoms with Crippen molar-refractivity contribution in [2.75, 3.05) is 4.90 Å². The zero-order valence-electron chi connectivity index (χ0n) is 26.4. The fourth-order valence-electron chi connectivity index (χ4n) is 7.99. The van der Waals surface area contributed by atoms with Crippen molar-refractivity contribution in [3.63, 3.8) is 0 Å². The van der Waals surface area contributed by atoms with Crippen LogP contribution < -0.4 is 4.90 Å². The largest absolute Gasteiger partial charge is 0.454 e. The number of hydrogen-bond donors (Lipinski definition) is 0. The zero-order valence-corrected chi connectivity index (χ0v) is 26.4. The van der Waals surface area contributed by atoms with Crippen molar-refractivity contribution in [2.24, 2.45) is 0 Å². The molecule has 0 bridgehead atoms. The van der Waals surface area contributed by atoms with E-state index in [2.05, 4.69) is 169 Å². The lowest BCUT2D eigenvalue weighted by Crippen LogP contribution is -2.10. The van der Waals surface area contributed by atoms with Crippen LogP contribution in [0.2, 0.25) is 0 Å². The molecule has 0 unspecified atom stereocenters. The number of nitrogens with zero attached hydrogens (tertiary/aromatic N) is 1. The quantitative estimate of drug-likeness (QED) is 0.184. The summed E-state index contributed by atoms with van der Waals surface area (Å²) >= 11 is 0. The van der Waals surface area contributed by atoms with Crippen molar-refractivity contribution in [3.05, 3.63) is 169 Å². The van der Waals surface area contributed by atoms with Crippen LogP contribution in [0.15, 0.2) is 162 Å². The lowest BCUT2D eigenvalue weighted by molar-refractivity contribution is 0.669. The van der Waals surface area contributed by atoms with Crippen LogP contribution in [0, 0.1) is 0 Å². The van der Waals surface area contributed by atoms with E-state index in [4.69, 9.17) is 4.42 Å². The van der Waals surface area contributed by atoms with Crippen molar-refractivity contribution >= 4 is 77.4 Å². The van der Waals surface area contributed by atoms with Gasteiger partial charge in [-0.1, -0.05) is 127 Å². The number of rotatable bonds is 4. The molecule has 0 N–H and O–H groups in total. The molecule has 1 aliphatic rings. The van der Waals surface area contributed by atoms with Crippen LogP contribution in [-0.2, 0) is 6.42 Å². The van der Waals surface area contributed by atoms with Crippen LogP contribution in [0.25, 0.3) is 71.5 Å². The summed E-state index contributed by atoms with van der Waals surface area (Å²) in [5.74, 6) is 0. The van der Waals surface area contributed by atoms with Crippen molar-refractivity contribution in [1.29, 1.82) is 0 Å². The molecular weight excluding hydrogens is 583 g/mol. The van der Waals surface area contributed by atoms with E-state index in [9.17, 15) is 0 Å². The van der Waals surface area contributed by atoms with Gasteiger partial charge in [-0.25, -0.2) is 0 Å². The molecule has 0 spiro atoms. The summed E-state index contributed by atoms with van der Waals surface area (Å²) in [4.78, 5) is 2.37. The van der Waals surface area contributed by atoms with Crippen LogP contribution in [0.4, 0.5) is 17.1 Å². The molecule has 2 nitrogen and oxygen atoms in total. The lowest BCUT2D eigenvalue weighted by Gasteiger charge is -2.27. The third-order valence-electron chi connectivity index (χ3n) is 10.1. The Balaban J connectivity index is 1.26. The topological polar surface area (TPSA) is 16.4 Å². The minimum atomic E-state index is 0.885. The standard InChI is InChI=1S/C46H31NO/c1-3-14-30(15-4-1)41-29-44-45(39-23-12-11-22-37(39)41)40-24-13-25-43(46(40)48-44)47(31-16-5-2-6-17-31)32-26-27-38-35-20-8-7-18-33(35)34-19-9-10-21-36(34)42(38)28-32/h1-9,11-20,22-29H,10,21H2. The first-order valence-corrected chi connectivity index (χ1v) is 16.7. The van der Waals surface area contributed by atoms with E-state index in [0.717, 1.165) is 51.8 Å². The normalized spacial score (nSPS) is 12.8. The van der Waals surface area contributed by atoms with Gasteiger partial charge in [-0.15, -0.1) is 0 Å². The van der Waals surface area contributed by atoms with Crippen molar-refractivity contribution < 1.29 is 4.42 Å². The number of fused-ring (bicyclic) bond motifs is 11. The first-order valence-electron chi connectivity index (χ1n) is 16.7. The molecule has 10 rings (SSSR count). The lowest BCUT2D eigenvalue weighted by atomic mass is 9.86. The van der Waals surface area contributed by atoms with Gasteiger partial charge in [0, 0.05) is 22.1 Å². The molecule has 0 aliphatic heterocycles. The van der Waals surface area contributed by atoms with Gasteiger partial charge in [0.1, 0.15) is 5.58 Å². The molecule has 48 heavy (non-hydrogen) atoms. The summed E-state index contributed by atoms with van der Waals surface area (Å²) in [6.45, 7) is 0. The minimum Gasteiger partial charge on any atom is -0.454 e. The Bertz CT molecular complexity index is 2720. The van der Waals surface area contributed by atoms with Crippen LogP contribution in [0.3, 0.4) is 0 Å². The highest BCUT2D eigenvalue weighted by Crippen LogP contribution is 2.47. The van der Waals surface area contributed by atoms with Gasteiger partial charge in [0.2, 0.25) is 0 Å². The van der Waals surface area contributed by atoms with Gasteiger partial charge in [0.25, 0.3) is 0 Å². The van der Waals surface area contributed by atoms with Crippen molar-refractivity contribution in [3.8, 4) is 11.1 Å². The Hall–Kier alpha value is -6.12. The Labute approximate surface area is 278 Å². The summed E-state index contributed by atoms with van der Waals surface area (Å²) in [7, 11) is 0. The summed E-state index contributed by atoms with van der Waals surface area (Å²) in [5, 5.41) is 9.96. The molecule has 0 saturated carbocycles. The number of furan rings is 1. The van der Waals surface area contributed by atoms with E-state index in [0.29, 0.717) is 0 Å². The van der Waals surface area contributed by atoms with Crippen molar-refractivity contribution in [1.82, 2.24) is 0 Å². The Morgan fingerprint density at radius 1 is 0.500 bits per heavy atom. The number of benzene rings is 8. The Morgan fingerprint density at radius 2 is 1.19 bits per heavy atom. The molecule has 8 aromatic carbocycles. The summed E-state index contributed by atoms with van der Waals surface area (Å²) < 4.78 is 6.96. The molecule has 2 heteroatoms. The number of para-hydroxylation sites is 2. The molecule has 1 heterocycles. The minimum absolute atomic E-state index is 0.885. The van der Waals surface area contributed by atoms with Gasteiger partial charge >= 0.3 is 0 Å². The first-order chi connectivity index (χ1) is 23.8. The Kier molecular flexibility index (Phi) is 6.04. The molecule has 0 atom stereocenters. The second-order valence-electron chi connectivity index (χ2n) is 12.7. The van der Waals surface area contributed by atoms with Gasteiger partial charge in [-0.05, 0) is 104 Å². The van der Waals surface area contributed by atoms with Gasteiger partial charge < -0.3 is 9.32 Å². The molecule has 0 amide bonds. The molecule has 0 fully saturated rings. The second-order valence-corrected chi connectivity index (χ2v) is 12.7. The second kappa shape index (κ2) is 10.7. The number of allylic oxidation sites excluding steroid dienone is 1. The maximum atomic E-state index is 6.96. The summed E-state index contributed by atoms with van der Waals surface area (Å²) in [6, 6.07) is 54.6. The smallest absolute Gasteiger partial charge is 0.159 e. The van der Waals surface area contributed by atoms with E-state index >= 15 is 0 Å². The highest BCUT2D eigenvalue weighted by atomic mass is 16.3. The molecule has 226 valence electrons. The van der Waals surface area contributed by atoms with Crippen molar-refractivity contribution in [2.45, 2.75) is 12.8 Å². The fraction of sp³-hybridized carbons (Fsp3) is 0.0435. The van der Waals surface area contributed by atoms with Gasteiger partial charge in [-0.3, -0.25) is 0 Å². The van der Waals surface area contributed by atoms with Gasteiger partial charge in [-0.2, -0.15) is 0 Å². The average Bonchev–Trinajstić information content (AvgIpc) is 3.55. The van der Waals surface area contributed by atoms with Gasteiger partial charge in [0.05, 0.1) is 5.69 Å². The van der Waals surface area contributed by atoms with Crippen LogP contribution in [0.1, 0.15) is 17.5 Å². The third kappa shape index (κ3) is 4.06. The monoisotopic (exact) mass is 613 g/mol. The highest BCUT2D eigenvalue weighted by Gasteiger charge is 2.23. The average molecular weight is 614 g/mol. The fourth-order valence-corrected chi connectivity index (χ4v) is 7.99. The van der Waals surface area contributed by atoms with Crippen LogP contribution in [0.5, 0.6) is 0 Å². The zero-order chi connectivity index (χ0) is 31.6. The van der Waals surface area contributed by atoms with Gasteiger partial charge in [0.15, 0.2) is 5.58 Å². The molecular formula is C46H31NO. The predicted molar refractivity (Wildman–Crippen MR) is 204 cm³/mol. The van der Waals surface area contributed by atoms with E-state index in [1.807, 2.05) is 0 Å². The number of hydrogen-bond acceptors (Lipinski definition) is 2. The summed E-state index contributed by atoms with van der Waals surface area (Å²) in [5.41, 5.74) is 10.2. The highest BCUT2D eigenvalue weighted by molar-refractivity contribution is 6.24. The third-order valence-corrected chi connectivity index (χ3v) is 10.1. The maximum absolute atomic E-state index is 6.96. The Morgan fingerprint density at radius 3 is 2.02 bits per heavy atom. The molecule has 1 aliphatic carbocycles. The van der Waals surface area contributed by atoms with E-state index in [1.165, 1.54) is 54.6 Å². The number of aryl methyl sites for hydroxylation is 1. The van der Waals surface area contributed by atoms with E-state index in [1.54, 1.807) is 0 Å². The summed E-state index contributed by atoms with van der Waals surface area (Å²) in [6.07, 6.45) is 6.74. The molecule has 0 radical (unpaired) electrons. The van der Waals surface area contributed by atoms with Crippen LogP contribution in [-0.4, -0.2) is 0 Å². The molecule has 1 aromatic heterocycles. The van der Waals surface area contributed by atoms with Crippen LogP contribution >= 0.6 is 0 Å². The van der Waals surface area contributed by atoms with E-state index < -0.39 is 0 Å². The molecule has 9 aromatic rings. The predicted octanol–water partition coefficient (Wildman–Crippen LogP) is 13.1. The first kappa shape index (κ1) is 27.0.